The molecule has 1 aliphatic carbocycles. The molecule has 0 saturated heterocycles. The molecular weight excluding hydrogens is 256 g/mol. The molecule has 1 aliphatic rings. The minimum atomic E-state index is 0.0297. The zero-order valence-electron chi connectivity index (χ0n) is 12.5. The van der Waals surface area contributed by atoms with Gasteiger partial charge in [0.1, 0.15) is 0 Å². The topological polar surface area (TPSA) is 86.2 Å². The van der Waals surface area contributed by atoms with Gasteiger partial charge in [-0.3, -0.25) is 0 Å². The van der Waals surface area contributed by atoms with E-state index in [1.54, 1.807) is 0 Å². The highest BCUT2D eigenvalue weighted by molar-refractivity contribution is 5.43. The van der Waals surface area contributed by atoms with Gasteiger partial charge in [-0.2, -0.15) is 15.0 Å². The molecule has 0 unspecified atom stereocenters. The Morgan fingerprint density at radius 2 is 1.80 bits per heavy atom. The fraction of sp³-hybridized carbons (Fsp3) is 0.769. The molecule has 0 atom stereocenters. The lowest BCUT2D eigenvalue weighted by atomic mass is 10.1. The van der Waals surface area contributed by atoms with Gasteiger partial charge < -0.3 is 20.6 Å². The van der Waals surface area contributed by atoms with E-state index in [0.29, 0.717) is 24.4 Å². The molecule has 0 radical (unpaired) electrons. The summed E-state index contributed by atoms with van der Waals surface area (Å²) >= 11 is 0. The fourth-order valence-electron chi connectivity index (χ4n) is 1.79. The molecule has 0 aliphatic heterocycles. The van der Waals surface area contributed by atoms with Gasteiger partial charge in [-0.1, -0.05) is 6.92 Å². The first-order valence-electron chi connectivity index (χ1n) is 7.10. The highest BCUT2D eigenvalue weighted by Gasteiger charge is 2.41. The molecule has 7 heteroatoms. The van der Waals surface area contributed by atoms with E-state index in [4.69, 9.17) is 0 Å². The maximum absolute atomic E-state index is 9.33. The number of hydrogen-bond donors (Lipinski definition) is 3. The van der Waals surface area contributed by atoms with Crippen LogP contribution in [0.4, 0.5) is 17.8 Å². The molecular formula is C13H24N6O. The van der Waals surface area contributed by atoms with Crippen LogP contribution in [0, 0.1) is 5.41 Å². The smallest absolute Gasteiger partial charge is 0.231 e. The lowest BCUT2D eigenvalue weighted by Gasteiger charge is -2.16. The predicted octanol–water partition coefficient (Wildman–Crippen LogP) is 0.944. The average Bonchev–Trinajstić information content (AvgIpc) is 3.23. The number of nitrogens with zero attached hydrogens (tertiary/aromatic N) is 4. The molecule has 0 amide bonds. The van der Waals surface area contributed by atoms with Crippen molar-refractivity contribution in [3.8, 4) is 0 Å². The number of aromatic nitrogens is 3. The van der Waals surface area contributed by atoms with Crippen molar-refractivity contribution < 1.29 is 5.11 Å². The Bertz CT molecular complexity index is 446. The molecule has 1 saturated carbocycles. The van der Waals surface area contributed by atoms with Crippen molar-refractivity contribution in [2.75, 3.05) is 49.3 Å². The van der Waals surface area contributed by atoms with Gasteiger partial charge in [-0.05, 0) is 19.3 Å². The summed E-state index contributed by atoms with van der Waals surface area (Å²) in [5.74, 6) is 1.76. The van der Waals surface area contributed by atoms with Crippen molar-refractivity contribution in [2.24, 2.45) is 5.41 Å². The minimum Gasteiger partial charge on any atom is -0.396 e. The largest absolute Gasteiger partial charge is 0.396 e. The standard InChI is InChI=1S/C13H24N6O/c1-4-7-14-10-16-11(18-12(17-10)19(2)3)15-8-13(9-20)5-6-13/h20H,4-9H2,1-3H3,(H2,14,15,16,17,18). The van der Waals surface area contributed by atoms with Gasteiger partial charge in [0.15, 0.2) is 0 Å². The summed E-state index contributed by atoms with van der Waals surface area (Å²) in [6, 6.07) is 0. The van der Waals surface area contributed by atoms with Crippen LogP contribution in [0.2, 0.25) is 0 Å². The summed E-state index contributed by atoms with van der Waals surface area (Å²) in [5.41, 5.74) is 0.0297. The van der Waals surface area contributed by atoms with Gasteiger partial charge >= 0.3 is 0 Å². The molecule has 1 aromatic heterocycles. The van der Waals surface area contributed by atoms with Gasteiger partial charge in [-0.15, -0.1) is 0 Å². The van der Waals surface area contributed by atoms with Crippen molar-refractivity contribution in [1.29, 1.82) is 0 Å². The number of aliphatic hydroxyl groups is 1. The summed E-state index contributed by atoms with van der Waals surface area (Å²) < 4.78 is 0. The average molecular weight is 280 g/mol. The van der Waals surface area contributed by atoms with Gasteiger partial charge in [0.05, 0.1) is 6.61 Å². The molecule has 0 aromatic carbocycles. The van der Waals surface area contributed by atoms with Crippen LogP contribution in [0.25, 0.3) is 0 Å². The first-order valence-corrected chi connectivity index (χ1v) is 7.10. The summed E-state index contributed by atoms with van der Waals surface area (Å²) in [7, 11) is 3.80. The van der Waals surface area contributed by atoms with Gasteiger partial charge in [0.2, 0.25) is 17.8 Å². The Labute approximate surface area is 119 Å². The molecule has 1 fully saturated rings. The molecule has 1 heterocycles. The van der Waals surface area contributed by atoms with E-state index in [-0.39, 0.29) is 12.0 Å². The van der Waals surface area contributed by atoms with Crippen LogP contribution < -0.4 is 15.5 Å². The summed E-state index contributed by atoms with van der Waals surface area (Å²) in [5, 5.41) is 15.7. The number of rotatable bonds is 8. The third kappa shape index (κ3) is 3.69. The van der Waals surface area contributed by atoms with E-state index in [9.17, 15) is 5.11 Å². The lowest BCUT2D eigenvalue weighted by molar-refractivity contribution is 0.219. The molecule has 2 rings (SSSR count). The van der Waals surface area contributed by atoms with Crippen LogP contribution >= 0.6 is 0 Å². The van der Waals surface area contributed by atoms with E-state index in [1.807, 2.05) is 19.0 Å². The number of aliphatic hydroxyl groups excluding tert-OH is 1. The van der Waals surface area contributed by atoms with Crippen LogP contribution in [0.15, 0.2) is 0 Å². The van der Waals surface area contributed by atoms with Crippen LogP contribution in [0.5, 0.6) is 0 Å². The first-order chi connectivity index (χ1) is 9.58. The summed E-state index contributed by atoms with van der Waals surface area (Å²) in [6.45, 7) is 3.84. The van der Waals surface area contributed by atoms with Gasteiger partial charge in [0, 0.05) is 32.6 Å². The minimum absolute atomic E-state index is 0.0297. The highest BCUT2D eigenvalue weighted by atomic mass is 16.3. The lowest BCUT2D eigenvalue weighted by Crippen LogP contribution is -2.22. The van der Waals surface area contributed by atoms with E-state index in [1.165, 1.54) is 0 Å². The zero-order valence-corrected chi connectivity index (χ0v) is 12.5. The molecule has 3 N–H and O–H groups in total. The predicted molar refractivity (Wildman–Crippen MR) is 80.2 cm³/mol. The van der Waals surface area contributed by atoms with Crippen LogP contribution in [0.1, 0.15) is 26.2 Å². The van der Waals surface area contributed by atoms with E-state index < -0.39 is 0 Å². The third-order valence-corrected chi connectivity index (χ3v) is 3.47. The SMILES string of the molecule is CCCNc1nc(NCC2(CO)CC2)nc(N(C)C)n1. The monoisotopic (exact) mass is 280 g/mol. The number of anilines is 3. The van der Waals surface area contributed by atoms with E-state index >= 15 is 0 Å². The molecule has 0 bridgehead atoms. The maximum atomic E-state index is 9.33. The Kier molecular flexibility index (Phi) is 4.59. The van der Waals surface area contributed by atoms with Crippen molar-refractivity contribution >= 4 is 17.8 Å². The zero-order chi connectivity index (χ0) is 14.6. The molecule has 1 aromatic rings. The Morgan fingerprint density at radius 1 is 1.15 bits per heavy atom. The van der Waals surface area contributed by atoms with Crippen LogP contribution in [0.3, 0.4) is 0 Å². The van der Waals surface area contributed by atoms with Crippen LogP contribution in [-0.2, 0) is 0 Å². The third-order valence-electron chi connectivity index (χ3n) is 3.47. The van der Waals surface area contributed by atoms with Gasteiger partial charge in [0.25, 0.3) is 0 Å². The molecule has 7 nitrogen and oxygen atoms in total. The second kappa shape index (κ2) is 6.21. The maximum Gasteiger partial charge on any atom is 0.231 e. The van der Waals surface area contributed by atoms with Crippen molar-refractivity contribution in [1.82, 2.24) is 15.0 Å². The molecule has 112 valence electrons. The van der Waals surface area contributed by atoms with Gasteiger partial charge in [-0.25, -0.2) is 0 Å². The first kappa shape index (κ1) is 14.8. The fourth-order valence-corrected chi connectivity index (χ4v) is 1.79. The second-order valence-electron chi connectivity index (χ2n) is 5.62. The Balaban J connectivity index is 2.07. The molecule has 20 heavy (non-hydrogen) atoms. The quantitative estimate of drug-likeness (QED) is 0.653. The second-order valence-corrected chi connectivity index (χ2v) is 5.62. The number of nitrogens with one attached hydrogen (secondary N) is 2. The highest BCUT2D eigenvalue weighted by Crippen LogP contribution is 2.44. The van der Waals surface area contributed by atoms with Crippen molar-refractivity contribution in [3.63, 3.8) is 0 Å². The van der Waals surface area contributed by atoms with E-state index in [2.05, 4.69) is 32.5 Å². The van der Waals surface area contributed by atoms with Crippen molar-refractivity contribution in [2.45, 2.75) is 26.2 Å². The Hall–Kier alpha value is -1.63. The van der Waals surface area contributed by atoms with E-state index in [0.717, 1.165) is 25.8 Å². The normalized spacial score (nSPS) is 15.8. The summed E-state index contributed by atoms with van der Waals surface area (Å²) in [4.78, 5) is 14.9. The van der Waals surface area contributed by atoms with Crippen molar-refractivity contribution in [3.05, 3.63) is 0 Å². The van der Waals surface area contributed by atoms with Crippen LogP contribution in [-0.4, -0.2) is 53.9 Å². The Morgan fingerprint density at radius 3 is 2.30 bits per heavy atom. The summed E-state index contributed by atoms with van der Waals surface area (Å²) in [6.07, 6.45) is 3.13. The number of hydrogen-bond acceptors (Lipinski definition) is 7. The molecule has 0 spiro atoms.